The summed E-state index contributed by atoms with van der Waals surface area (Å²) in [5, 5.41) is 3.28. The van der Waals surface area contributed by atoms with Crippen LogP contribution in [0.3, 0.4) is 0 Å². The minimum Gasteiger partial charge on any atom is -0.482 e. The van der Waals surface area contributed by atoms with Crippen LogP contribution in [0.1, 0.15) is 40.0 Å². The summed E-state index contributed by atoms with van der Waals surface area (Å²) >= 11 is 0. The summed E-state index contributed by atoms with van der Waals surface area (Å²) in [4.78, 5) is 11.1. The maximum Gasteiger partial charge on any atom is 0.343 e. The summed E-state index contributed by atoms with van der Waals surface area (Å²) < 4.78 is 35.5. The van der Waals surface area contributed by atoms with Gasteiger partial charge in [0.25, 0.3) is 0 Å². The van der Waals surface area contributed by atoms with E-state index >= 15 is 0 Å². The number of ether oxygens (including phenoxy) is 2. The van der Waals surface area contributed by atoms with Crippen molar-refractivity contribution in [2.45, 2.75) is 44.8 Å². The number of carbonyl (C=O) groups is 1. The first-order chi connectivity index (χ1) is 12.2. The molecule has 0 saturated heterocycles. The van der Waals surface area contributed by atoms with Crippen LogP contribution in [0.4, 0.5) is 5.69 Å². The molecule has 0 radical (unpaired) electrons. The van der Waals surface area contributed by atoms with Crippen molar-refractivity contribution in [1.29, 1.82) is 0 Å². The predicted octanol–water partition coefficient (Wildman–Crippen LogP) is 2.54. The fraction of sp³-hybridized carbons (Fsp3) is 0.611. The van der Waals surface area contributed by atoms with E-state index in [4.69, 9.17) is 4.74 Å². The standard InChI is InChI=1S/C18H30N2O5S/c1-18(2,3)26(22,23)20-12-7-5-6-11-19-15-9-8-10-16(13-15)25-14-17(21)24-4/h8-10,13,19-20H,5-7,11-12,14H2,1-4H3. The molecule has 26 heavy (non-hydrogen) atoms. The first-order valence-electron chi connectivity index (χ1n) is 8.68. The molecule has 0 atom stereocenters. The van der Waals surface area contributed by atoms with E-state index in [2.05, 4.69) is 14.8 Å². The third kappa shape index (κ3) is 8.05. The number of nitrogens with one attached hydrogen (secondary N) is 2. The van der Waals surface area contributed by atoms with Gasteiger partial charge in [0.05, 0.1) is 11.9 Å². The molecule has 0 spiro atoms. The number of carbonyl (C=O) groups excluding carboxylic acids is 1. The molecule has 1 aromatic carbocycles. The average Bonchev–Trinajstić information content (AvgIpc) is 2.58. The Balaban J connectivity index is 2.23. The summed E-state index contributed by atoms with van der Waals surface area (Å²) in [7, 11) is -1.95. The van der Waals surface area contributed by atoms with Crippen molar-refractivity contribution >= 4 is 21.7 Å². The first-order valence-corrected chi connectivity index (χ1v) is 10.2. The van der Waals surface area contributed by atoms with Crippen molar-refractivity contribution in [2.24, 2.45) is 0 Å². The summed E-state index contributed by atoms with van der Waals surface area (Å²) in [5.74, 6) is 0.169. The number of hydrogen-bond acceptors (Lipinski definition) is 6. The highest BCUT2D eigenvalue weighted by molar-refractivity contribution is 7.90. The van der Waals surface area contributed by atoms with Gasteiger partial charge in [0.2, 0.25) is 10.0 Å². The van der Waals surface area contributed by atoms with Crippen LogP contribution < -0.4 is 14.8 Å². The highest BCUT2D eigenvalue weighted by Crippen LogP contribution is 2.17. The molecule has 2 N–H and O–H groups in total. The van der Waals surface area contributed by atoms with Crippen molar-refractivity contribution < 1.29 is 22.7 Å². The molecule has 1 rings (SSSR count). The maximum absolute atomic E-state index is 11.9. The summed E-state index contributed by atoms with van der Waals surface area (Å²) in [6.07, 6.45) is 2.63. The average molecular weight is 387 g/mol. The molecule has 0 heterocycles. The number of benzene rings is 1. The molecule has 1 aromatic rings. The monoisotopic (exact) mass is 386 g/mol. The van der Waals surface area contributed by atoms with E-state index in [1.807, 2.05) is 18.2 Å². The molecule has 7 nitrogen and oxygen atoms in total. The van der Waals surface area contributed by atoms with Gasteiger partial charge in [0.1, 0.15) is 5.75 Å². The molecule has 0 amide bonds. The Labute approximate surface area is 156 Å². The van der Waals surface area contributed by atoms with Crippen LogP contribution in [0.5, 0.6) is 5.75 Å². The van der Waals surface area contributed by atoms with Gasteiger partial charge in [-0.3, -0.25) is 0 Å². The zero-order chi connectivity index (χ0) is 19.6. The topological polar surface area (TPSA) is 93.7 Å². The predicted molar refractivity (Wildman–Crippen MR) is 103 cm³/mol. The van der Waals surface area contributed by atoms with Gasteiger partial charge in [-0.05, 0) is 45.7 Å². The van der Waals surface area contributed by atoms with Crippen LogP contribution in [-0.2, 0) is 19.6 Å². The molecule has 0 fully saturated rings. The van der Waals surface area contributed by atoms with Crippen LogP contribution in [0.15, 0.2) is 24.3 Å². The van der Waals surface area contributed by atoms with Gasteiger partial charge >= 0.3 is 5.97 Å². The lowest BCUT2D eigenvalue weighted by molar-refractivity contribution is -0.142. The Bertz CT molecular complexity index is 668. The summed E-state index contributed by atoms with van der Waals surface area (Å²) in [5.41, 5.74) is 0.904. The van der Waals surface area contributed by atoms with E-state index in [0.29, 0.717) is 12.3 Å². The zero-order valence-corrected chi connectivity index (χ0v) is 16.8. The highest BCUT2D eigenvalue weighted by atomic mass is 32.2. The van der Waals surface area contributed by atoms with Gasteiger partial charge in [-0.1, -0.05) is 12.5 Å². The number of methoxy groups -OCH3 is 1. The van der Waals surface area contributed by atoms with Crippen LogP contribution >= 0.6 is 0 Å². The van der Waals surface area contributed by atoms with E-state index in [9.17, 15) is 13.2 Å². The van der Waals surface area contributed by atoms with E-state index in [1.54, 1.807) is 26.8 Å². The van der Waals surface area contributed by atoms with E-state index in [1.165, 1.54) is 7.11 Å². The largest absolute Gasteiger partial charge is 0.482 e. The van der Waals surface area contributed by atoms with Gasteiger partial charge in [0.15, 0.2) is 6.61 Å². The van der Waals surface area contributed by atoms with Crippen molar-refractivity contribution in [2.75, 3.05) is 32.1 Å². The van der Waals surface area contributed by atoms with Gasteiger partial charge in [0, 0.05) is 24.8 Å². The Kier molecular flexibility index (Phi) is 8.87. The first kappa shape index (κ1) is 22.2. The lowest BCUT2D eigenvalue weighted by Gasteiger charge is -2.19. The lowest BCUT2D eigenvalue weighted by Crippen LogP contribution is -2.39. The van der Waals surface area contributed by atoms with Gasteiger partial charge in [-0.2, -0.15) is 0 Å². The third-order valence-corrected chi connectivity index (χ3v) is 5.90. The van der Waals surface area contributed by atoms with Crippen LogP contribution in [0.25, 0.3) is 0 Å². The molecule has 0 aliphatic carbocycles. The minimum atomic E-state index is -3.26. The zero-order valence-electron chi connectivity index (χ0n) is 16.0. The number of unbranched alkanes of at least 4 members (excludes halogenated alkanes) is 2. The quantitative estimate of drug-likeness (QED) is 0.448. The number of rotatable bonds is 11. The van der Waals surface area contributed by atoms with Gasteiger partial charge < -0.3 is 14.8 Å². The lowest BCUT2D eigenvalue weighted by atomic mass is 10.2. The second kappa shape index (κ2) is 10.4. The van der Waals surface area contributed by atoms with Crippen molar-refractivity contribution in [3.8, 4) is 5.75 Å². The fourth-order valence-corrected chi connectivity index (χ4v) is 2.83. The molecule has 148 valence electrons. The molecule has 0 aliphatic heterocycles. The number of hydrogen-bond donors (Lipinski definition) is 2. The molecular weight excluding hydrogens is 356 g/mol. The second-order valence-electron chi connectivity index (χ2n) is 6.89. The van der Waals surface area contributed by atoms with Crippen LogP contribution in [0.2, 0.25) is 0 Å². The van der Waals surface area contributed by atoms with Crippen molar-refractivity contribution in [3.05, 3.63) is 24.3 Å². The minimum absolute atomic E-state index is 0.121. The fourth-order valence-electron chi connectivity index (χ4n) is 1.98. The highest BCUT2D eigenvalue weighted by Gasteiger charge is 2.27. The Hall–Kier alpha value is -1.80. The second-order valence-corrected chi connectivity index (χ2v) is 9.41. The van der Waals surface area contributed by atoms with Crippen LogP contribution in [-0.4, -0.2) is 45.9 Å². The number of esters is 1. The van der Waals surface area contributed by atoms with E-state index < -0.39 is 20.7 Å². The van der Waals surface area contributed by atoms with E-state index in [0.717, 1.165) is 31.5 Å². The van der Waals surface area contributed by atoms with Crippen LogP contribution in [0, 0.1) is 0 Å². The Morgan fingerprint density at radius 3 is 2.46 bits per heavy atom. The smallest absolute Gasteiger partial charge is 0.343 e. The van der Waals surface area contributed by atoms with E-state index in [-0.39, 0.29) is 6.61 Å². The van der Waals surface area contributed by atoms with Crippen molar-refractivity contribution in [3.63, 3.8) is 0 Å². The maximum atomic E-state index is 11.9. The molecule has 8 heteroatoms. The molecule has 0 unspecified atom stereocenters. The SMILES string of the molecule is COC(=O)COc1cccc(NCCCCCNS(=O)(=O)C(C)(C)C)c1. The number of anilines is 1. The Morgan fingerprint density at radius 2 is 1.81 bits per heavy atom. The summed E-state index contributed by atoms with van der Waals surface area (Å²) in [6.45, 7) is 6.15. The molecule has 0 bridgehead atoms. The van der Waals surface area contributed by atoms with Gasteiger partial charge in [-0.15, -0.1) is 0 Å². The Morgan fingerprint density at radius 1 is 1.12 bits per heavy atom. The molecule has 0 aliphatic rings. The molecule has 0 saturated carbocycles. The normalized spacial score (nSPS) is 11.8. The number of sulfonamides is 1. The molecular formula is C18H30N2O5S. The van der Waals surface area contributed by atoms with Gasteiger partial charge in [-0.25, -0.2) is 17.9 Å². The van der Waals surface area contributed by atoms with Crippen molar-refractivity contribution in [1.82, 2.24) is 4.72 Å². The third-order valence-electron chi connectivity index (χ3n) is 3.70. The summed E-state index contributed by atoms with van der Waals surface area (Å²) in [6, 6.07) is 7.36. The molecule has 0 aromatic heterocycles.